The summed E-state index contributed by atoms with van der Waals surface area (Å²) in [5.74, 6) is 2.66. The third-order valence-corrected chi connectivity index (χ3v) is 7.48. The number of rotatable bonds is 9. The Labute approximate surface area is 232 Å². The quantitative estimate of drug-likeness (QED) is 0.222. The standard InChI is InChI=1S/C33H37NO3.ClH/c1-33(2)17-18-34(23-33)19-20-37-28-10-5-24(6-11-28)21-32-30(25-7-12-27(35-3)13-8-25)15-9-26-22-29(36-4)14-16-31(26)32;/h5-16,22H,17-21,23H2,1-4H3;1H. The minimum absolute atomic E-state index is 0. The molecule has 1 fully saturated rings. The van der Waals surface area contributed by atoms with Gasteiger partial charge in [-0.05, 0) is 94.2 Å². The Kier molecular flexibility index (Phi) is 8.86. The lowest BCUT2D eigenvalue weighted by atomic mass is 9.90. The second-order valence-electron chi connectivity index (χ2n) is 10.8. The molecule has 0 aliphatic carbocycles. The van der Waals surface area contributed by atoms with E-state index in [4.69, 9.17) is 14.2 Å². The Bertz CT molecular complexity index is 1350. The van der Waals surface area contributed by atoms with Gasteiger partial charge in [-0.15, -0.1) is 12.4 Å². The first-order valence-electron chi connectivity index (χ1n) is 13.1. The van der Waals surface area contributed by atoms with Gasteiger partial charge in [0.15, 0.2) is 0 Å². The third-order valence-electron chi connectivity index (χ3n) is 7.48. The Balaban J connectivity index is 0.00000336. The van der Waals surface area contributed by atoms with E-state index >= 15 is 0 Å². The lowest BCUT2D eigenvalue weighted by Crippen LogP contribution is -2.27. The molecule has 0 spiro atoms. The zero-order chi connectivity index (χ0) is 25.8. The molecule has 200 valence electrons. The van der Waals surface area contributed by atoms with Crippen molar-refractivity contribution in [1.29, 1.82) is 0 Å². The monoisotopic (exact) mass is 531 g/mol. The number of hydrogen-bond acceptors (Lipinski definition) is 4. The molecule has 5 rings (SSSR count). The average molecular weight is 532 g/mol. The summed E-state index contributed by atoms with van der Waals surface area (Å²) in [5, 5.41) is 2.42. The van der Waals surface area contributed by atoms with Gasteiger partial charge >= 0.3 is 0 Å². The first kappa shape index (κ1) is 27.8. The maximum Gasteiger partial charge on any atom is 0.119 e. The van der Waals surface area contributed by atoms with Crippen LogP contribution in [-0.4, -0.2) is 45.4 Å². The van der Waals surface area contributed by atoms with Crippen LogP contribution in [0.1, 0.15) is 31.4 Å². The first-order chi connectivity index (χ1) is 17.9. The molecular weight excluding hydrogens is 494 g/mol. The van der Waals surface area contributed by atoms with Crippen LogP contribution in [-0.2, 0) is 6.42 Å². The van der Waals surface area contributed by atoms with Crippen LogP contribution < -0.4 is 14.2 Å². The molecule has 4 nitrogen and oxygen atoms in total. The SMILES string of the molecule is COc1ccc(-c2ccc3cc(OC)ccc3c2Cc2ccc(OCCN3CCC(C)(C)C3)cc2)cc1.Cl. The van der Waals surface area contributed by atoms with E-state index in [9.17, 15) is 0 Å². The molecule has 4 aromatic rings. The molecule has 1 aliphatic heterocycles. The summed E-state index contributed by atoms with van der Waals surface area (Å²) in [6.45, 7) is 8.72. The Hall–Kier alpha value is -3.21. The first-order valence-corrected chi connectivity index (χ1v) is 13.1. The van der Waals surface area contributed by atoms with E-state index in [0.717, 1.165) is 43.4 Å². The van der Waals surface area contributed by atoms with Crippen LogP contribution in [0.15, 0.2) is 78.9 Å². The van der Waals surface area contributed by atoms with Crippen molar-refractivity contribution < 1.29 is 14.2 Å². The third kappa shape index (κ3) is 6.43. The van der Waals surface area contributed by atoms with Gasteiger partial charge in [0.2, 0.25) is 0 Å². The fourth-order valence-corrected chi connectivity index (χ4v) is 5.35. The van der Waals surface area contributed by atoms with Crippen molar-refractivity contribution in [3.05, 3.63) is 90.0 Å². The van der Waals surface area contributed by atoms with Crippen molar-refractivity contribution >= 4 is 23.2 Å². The molecule has 1 saturated heterocycles. The van der Waals surface area contributed by atoms with Crippen molar-refractivity contribution in [2.24, 2.45) is 5.41 Å². The summed E-state index contributed by atoms with van der Waals surface area (Å²) in [4.78, 5) is 2.50. The highest BCUT2D eigenvalue weighted by molar-refractivity contribution is 5.93. The summed E-state index contributed by atoms with van der Waals surface area (Å²) < 4.78 is 16.9. The predicted octanol–water partition coefficient (Wildman–Crippen LogP) is 7.65. The molecule has 0 bridgehead atoms. The minimum Gasteiger partial charge on any atom is -0.497 e. The molecule has 0 aromatic heterocycles. The number of benzene rings is 4. The summed E-state index contributed by atoms with van der Waals surface area (Å²) in [7, 11) is 3.41. The Morgan fingerprint density at radius 1 is 0.789 bits per heavy atom. The van der Waals surface area contributed by atoms with Crippen LogP contribution in [0.4, 0.5) is 0 Å². The molecule has 38 heavy (non-hydrogen) atoms. The number of halogens is 1. The zero-order valence-corrected chi connectivity index (χ0v) is 23.6. The second kappa shape index (κ2) is 12.1. The van der Waals surface area contributed by atoms with Crippen LogP contribution in [0.5, 0.6) is 17.2 Å². The molecule has 0 amide bonds. The van der Waals surface area contributed by atoms with E-state index in [1.54, 1.807) is 14.2 Å². The molecule has 5 heteroatoms. The van der Waals surface area contributed by atoms with E-state index in [1.165, 1.54) is 46.0 Å². The van der Waals surface area contributed by atoms with Gasteiger partial charge in [0.05, 0.1) is 14.2 Å². The summed E-state index contributed by atoms with van der Waals surface area (Å²) in [6, 6.07) is 27.6. The highest BCUT2D eigenvalue weighted by Crippen LogP contribution is 2.35. The number of methoxy groups -OCH3 is 2. The molecular formula is C33H38ClNO3. The summed E-state index contributed by atoms with van der Waals surface area (Å²) in [5.41, 5.74) is 5.40. The van der Waals surface area contributed by atoms with Crippen LogP contribution in [0.3, 0.4) is 0 Å². The van der Waals surface area contributed by atoms with E-state index in [2.05, 4.69) is 79.4 Å². The van der Waals surface area contributed by atoms with Gasteiger partial charge in [0.25, 0.3) is 0 Å². The largest absolute Gasteiger partial charge is 0.497 e. The summed E-state index contributed by atoms with van der Waals surface area (Å²) in [6.07, 6.45) is 2.09. The van der Waals surface area contributed by atoms with E-state index in [-0.39, 0.29) is 12.4 Å². The smallest absolute Gasteiger partial charge is 0.119 e. The fourth-order valence-electron chi connectivity index (χ4n) is 5.35. The lowest BCUT2D eigenvalue weighted by Gasteiger charge is -2.19. The van der Waals surface area contributed by atoms with E-state index < -0.39 is 0 Å². The van der Waals surface area contributed by atoms with Gasteiger partial charge < -0.3 is 14.2 Å². The van der Waals surface area contributed by atoms with Gasteiger partial charge in [0.1, 0.15) is 23.9 Å². The number of nitrogens with zero attached hydrogens (tertiary/aromatic N) is 1. The molecule has 0 atom stereocenters. The second-order valence-corrected chi connectivity index (χ2v) is 10.8. The van der Waals surface area contributed by atoms with Gasteiger partial charge in [0, 0.05) is 13.1 Å². The molecule has 4 aromatic carbocycles. The van der Waals surface area contributed by atoms with Crippen molar-refractivity contribution in [3.63, 3.8) is 0 Å². The Morgan fingerprint density at radius 2 is 1.47 bits per heavy atom. The number of ether oxygens (including phenoxy) is 3. The number of fused-ring (bicyclic) bond motifs is 1. The van der Waals surface area contributed by atoms with Gasteiger partial charge in [-0.1, -0.05) is 56.3 Å². The molecule has 0 radical (unpaired) electrons. The van der Waals surface area contributed by atoms with Gasteiger partial charge in [-0.2, -0.15) is 0 Å². The normalized spacial score (nSPS) is 14.7. The zero-order valence-electron chi connectivity index (χ0n) is 22.8. The molecule has 0 saturated carbocycles. The topological polar surface area (TPSA) is 30.9 Å². The maximum absolute atomic E-state index is 6.08. The maximum atomic E-state index is 6.08. The van der Waals surface area contributed by atoms with Crippen LogP contribution in [0.25, 0.3) is 21.9 Å². The summed E-state index contributed by atoms with van der Waals surface area (Å²) >= 11 is 0. The van der Waals surface area contributed by atoms with Crippen LogP contribution in [0, 0.1) is 5.41 Å². The van der Waals surface area contributed by atoms with Crippen molar-refractivity contribution in [2.45, 2.75) is 26.7 Å². The van der Waals surface area contributed by atoms with Crippen LogP contribution in [0.2, 0.25) is 0 Å². The Morgan fingerprint density at radius 3 is 2.13 bits per heavy atom. The van der Waals surface area contributed by atoms with Crippen molar-refractivity contribution in [2.75, 3.05) is 40.5 Å². The average Bonchev–Trinajstić information content (AvgIpc) is 3.27. The van der Waals surface area contributed by atoms with E-state index in [0.29, 0.717) is 5.41 Å². The van der Waals surface area contributed by atoms with Crippen molar-refractivity contribution in [3.8, 4) is 28.4 Å². The molecule has 0 N–H and O–H groups in total. The number of hydrogen-bond donors (Lipinski definition) is 0. The fraction of sp³-hybridized carbons (Fsp3) is 0.333. The molecule has 1 heterocycles. The van der Waals surface area contributed by atoms with Gasteiger partial charge in [-0.25, -0.2) is 0 Å². The highest BCUT2D eigenvalue weighted by atomic mass is 35.5. The highest BCUT2D eigenvalue weighted by Gasteiger charge is 2.28. The predicted molar refractivity (Wildman–Crippen MR) is 159 cm³/mol. The lowest BCUT2D eigenvalue weighted by molar-refractivity contribution is 0.222. The van der Waals surface area contributed by atoms with E-state index in [1.807, 2.05) is 18.2 Å². The van der Waals surface area contributed by atoms with Crippen molar-refractivity contribution in [1.82, 2.24) is 4.90 Å². The minimum atomic E-state index is 0. The van der Waals surface area contributed by atoms with Crippen LogP contribution >= 0.6 is 12.4 Å². The van der Waals surface area contributed by atoms with Gasteiger partial charge in [-0.3, -0.25) is 4.90 Å². The number of likely N-dealkylation sites (tertiary alicyclic amines) is 1. The molecule has 1 aliphatic rings. The molecule has 0 unspecified atom stereocenters.